The minimum atomic E-state index is 0.891. The van der Waals surface area contributed by atoms with Crippen LogP contribution in [0.3, 0.4) is 0 Å². The number of furan rings is 2. The van der Waals surface area contributed by atoms with Gasteiger partial charge in [0.2, 0.25) is 0 Å². The van der Waals surface area contributed by atoms with E-state index in [9.17, 15) is 0 Å². The third kappa shape index (κ3) is 4.40. The van der Waals surface area contributed by atoms with Crippen molar-refractivity contribution < 1.29 is 8.83 Å². The molecule has 270 valence electrons. The molecule has 4 aromatic heterocycles. The normalized spacial score (nSPS) is 12.1. The van der Waals surface area contributed by atoms with E-state index >= 15 is 0 Å². The summed E-state index contributed by atoms with van der Waals surface area (Å²) in [5.41, 5.74) is 15.1. The lowest BCUT2D eigenvalue weighted by atomic mass is 9.99. The largest absolute Gasteiger partial charge is 0.456 e. The Labute approximate surface area is 332 Å². The molecule has 0 spiro atoms. The summed E-state index contributed by atoms with van der Waals surface area (Å²) in [6.07, 6.45) is 0. The number of hydrogen-bond donors (Lipinski definition) is 0. The summed E-state index contributed by atoms with van der Waals surface area (Å²) in [5.74, 6) is 0. The van der Waals surface area contributed by atoms with E-state index in [0.29, 0.717) is 0 Å². The molecular formula is C54H32N2O2. The van der Waals surface area contributed by atoms with E-state index in [1.165, 1.54) is 43.7 Å². The highest BCUT2D eigenvalue weighted by Crippen LogP contribution is 2.44. The number of fused-ring (bicyclic) bond motifs is 13. The predicted molar refractivity (Wildman–Crippen MR) is 241 cm³/mol. The molecule has 0 atom stereocenters. The molecule has 58 heavy (non-hydrogen) atoms. The number of rotatable bonds is 4. The molecule has 0 aliphatic carbocycles. The van der Waals surface area contributed by atoms with Crippen LogP contribution in [-0.2, 0) is 0 Å². The predicted octanol–water partition coefficient (Wildman–Crippen LogP) is 15.0. The lowest BCUT2D eigenvalue weighted by Gasteiger charge is -2.10. The van der Waals surface area contributed by atoms with Gasteiger partial charge in [-0.1, -0.05) is 115 Å². The molecule has 4 nitrogen and oxygen atoms in total. The van der Waals surface area contributed by atoms with Crippen LogP contribution in [0.25, 0.3) is 121 Å². The monoisotopic (exact) mass is 740 g/mol. The number of para-hydroxylation sites is 5. The average Bonchev–Trinajstić information content (AvgIpc) is 4.04. The molecule has 13 rings (SSSR count). The summed E-state index contributed by atoms with van der Waals surface area (Å²) >= 11 is 0. The highest BCUT2D eigenvalue weighted by molar-refractivity contribution is 6.28. The van der Waals surface area contributed by atoms with Crippen molar-refractivity contribution in [3.8, 4) is 33.6 Å². The Morgan fingerprint density at radius 1 is 0.293 bits per heavy atom. The Morgan fingerprint density at radius 3 is 1.67 bits per heavy atom. The van der Waals surface area contributed by atoms with Crippen molar-refractivity contribution in [3.05, 3.63) is 194 Å². The smallest absolute Gasteiger partial charge is 0.143 e. The van der Waals surface area contributed by atoms with Gasteiger partial charge in [-0.05, 0) is 95.6 Å². The molecule has 0 aliphatic heterocycles. The maximum Gasteiger partial charge on any atom is 0.143 e. The van der Waals surface area contributed by atoms with Gasteiger partial charge in [0.25, 0.3) is 0 Å². The van der Waals surface area contributed by atoms with Gasteiger partial charge in [0.05, 0.1) is 22.1 Å². The Morgan fingerprint density at radius 2 is 0.862 bits per heavy atom. The van der Waals surface area contributed by atoms with Crippen LogP contribution >= 0.6 is 0 Å². The number of benzene rings is 9. The first kappa shape index (κ1) is 31.4. The minimum Gasteiger partial charge on any atom is -0.456 e. The van der Waals surface area contributed by atoms with Gasteiger partial charge >= 0.3 is 0 Å². The molecule has 0 N–H and O–H groups in total. The van der Waals surface area contributed by atoms with Gasteiger partial charge < -0.3 is 18.0 Å². The Kier molecular flexibility index (Phi) is 6.41. The molecule has 0 fully saturated rings. The van der Waals surface area contributed by atoms with Gasteiger partial charge in [0.15, 0.2) is 0 Å². The second-order valence-corrected chi connectivity index (χ2v) is 15.2. The first-order chi connectivity index (χ1) is 28.8. The van der Waals surface area contributed by atoms with E-state index in [4.69, 9.17) is 8.83 Å². The SMILES string of the molecule is c1ccc(-n2c3ccccc3c3cc(-c4ccc5c(c4)c4c6c(ccc4n5-c4ccc(-c5cccc7c5oc5ccccc57)cc4)oc4ccccc46)ccc32)cc1. The van der Waals surface area contributed by atoms with Crippen molar-refractivity contribution in [1.82, 2.24) is 9.13 Å². The van der Waals surface area contributed by atoms with Crippen LogP contribution in [0.5, 0.6) is 0 Å². The zero-order valence-electron chi connectivity index (χ0n) is 31.2. The molecule has 13 aromatic rings. The van der Waals surface area contributed by atoms with Crippen molar-refractivity contribution in [1.29, 1.82) is 0 Å². The standard InChI is InChI=1S/C54H32N2O2/c1-2-11-36(12-3-1)55-45-18-7-4-13-39(45)43-31-34(23-27-46(43)55)35-24-28-47-44(32-35)52-48(29-30-51-53(52)42-15-6-9-20-50(42)57-51)56(47)37-25-21-33(22-26-37)38-16-10-17-41-40-14-5-8-19-49(40)58-54(38)41/h1-32H. The summed E-state index contributed by atoms with van der Waals surface area (Å²) in [5, 5.41) is 9.39. The molecule has 0 saturated carbocycles. The zero-order valence-corrected chi connectivity index (χ0v) is 31.2. The van der Waals surface area contributed by atoms with Crippen LogP contribution in [0.4, 0.5) is 0 Å². The Bertz CT molecular complexity index is 3780. The van der Waals surface area contributed by atoms with Crippen LogP contribution in [-0.4, -0.2) is 9.13 Å². The van der Waals surface area contributed by atoms with E-state index in [-0.39, 0.29) is 0 Å². The quantitative estimate of drug-likeness (QED) is 0.180. The van der Waals surface area contributed by atoms with E-state index in [0.717, 1.165) is 77.4 Å². The number of hydrogen-bond acceptors (Lipinski definition) is 2. The maximum absolute atomic E-state index is 6.47. The van der Waals surface area contributed by atoms with Crippen molar-refractivity contribution in [2.24, 2.45) is 0 Å². The fraction of sp³-hybridized carbons (Fsp3) is 0. The third-order valence-corrected chi connectivity index (χ3v) is 12.1. The third-order valence-electron chi connectivity index (χ3n) is 12.1. The summed E-state index contributed by atoms with van der Waals surface area (Å²) in [4.78, 5) is 0. The van der Waals surface area contributed by atoms with Crippen molar-refractivity contribution in [2.75, 3.05) is 0 Å². The first-order valence-corrected chi connectivity index (χ1v) is 19.8. The van der Waals surface area contributed by atoms with Gasteiger partial charge in [-0.15, -0.1) is 0 Å². The second kappa shape index (κ2) is 11.8. The van der Waals surface area contributed by atoms with Crippen LogP contribution in [0, 0.1) is 0 Å². The highest BCUT2D eigenvalue weighted by atomic mass is 16.3. The topological polar surface area (TPSA) is 36.1 Å². The lowest BCUT2D eigenvalue weighted by molar-refractivity contribution is 0.669. The fourth-order valence-corrected chi connectivity index (χ4v) is 9.56. The van der Waals surface area contributed by atoms with Crippen molar-refractivity contribution in [3.63, 3.8) is 0 Å². The molecule has 0 radical (unpaired) electrons. The van der Waals surface area contributed by atoms with Gasteiger partial charge in [0.1, 0.15) is 22.3 Å². The molecule has 0 amide bonds. The van der Waals surface area contributed by atoms with Crippen LogP contribution in [0.2, 0.25) is 0 Å². The first-order valence-electron chi connectivity index (χ1n) is 19.8. The Balaban J connectivity index is 1.02. The molecule has 0 saturated heterocycles. The Hall–Kier alpha value is -7.82. The summed E-state index contributed by atoms with van der Waals surface area (Å²) in [7, 11) is 0. The van der Waals surface area contributed by atoms with Crippen LogP contribution in [0.15, 0.2) is 203 Å². The van der Waals surface area contributed by atoms with Gasteiger partial charge in [-0.3, -0.25) is 0 Å². The molecular weight excluding hydrogens is 709 g/mol. The van der Waals surface area contributed by atoms with Crippen LogP contribution in [0.1, 0.15) is 0 Å². The fourth-order valence-electron chi connectivity index (χ4n) is 9.56. The minimum absolute atomic E-state index is 0.891. The molecule has 0 bridgehead atoms. The summed E-state index contributed by atoms with van der Waals surface area (Å²) in [6, 6.07) is 69.5. The maximum atomic E-state index is 6.47. The van der Waals surface area contributed by atoms with Crippen LogP contribution < -0.4 is 0 Å². The number of aromatic nitrogens is 2. The van der Waals surface area contributed by atoms with Gasteiger partial charge in [0, 0.05) is 60.0 Å². The van der Waals surface area contributed by atoms with E-state index in [2.05, 4.69) is 185 Å². The summed E-state index contributed by atoms with van der Waals surface area (Å²) in [6.45, 7) is 0. The van der Waals surface area contributed by atoms with E-state index < -0.39 is 0 Å². The van der Waals surface area contributed by atoms with E-state index in [1.807, 2.05) is 18.2 Å². The lowest BCUT2D eigenvalue weighted by Crippen LogP contribution is -1.94. The van der Waals surface area contributed by atoms with Gasteiger partial charge in [-0.25, -0.2) is 0 Å². The van der Waals surface area contributed by atoms with Crippen molar-refractivity contribution in [2.45, 2.75) is 0 Å². The molecule has 9 aromatic carbocycles. The molecule has 4 heteroatoms. The zero-order chi connectivity index (χ0) is 37.9. The average molecular weight is 741 g/mol. The van der Waals surface area contributed by atoms with Gasteiger partial charge in [-0.2, -0.15) is 0 Å². The number of nitrogens with zero attached hydrogens (tertiary/aromatic N) is 2. The molecule has 0 unspecified atom stereocenters. The van der Waals surface area contributed by atoms with Crippen molar-refractivity contribution >= 4 is 87.5 Å². The highest BCUT2D eigenvalue weighted by Gasteiger charge is 2.21. The molecule has 0 aliphatic rings. The van der Waals surface area contributed by atoms with E-state index in [1.54, 1.807) is 0 Å². The summed E-state index contributed by atoms with van der Waals surface area (Å²) < 4.78 is 17.7. The second-order valence-electron chi connectivity index (χ2n) is 15.2. The molecule has 4 heterocycles.